The van der Waals surface area contributed by atoms with Gasteiger partial charge in [0.05, 0.1) is 18.4 Å². The minimum absolute atomic E-state index is 0.114. The van der Waals surface area contributed by atoms with Crippen LogP contribution in [-0.4, -0.2) is 27.1 Å². The number of amides is 2. The molecule has 0 spiro atoms. The molecule has 118 valence electrons. The zero-order valence-electron chi connectivity index (χ0n) is 12.5. The van der Waals surface area contributed by atoms with Crippen LogP contribution >= 0.6 is 11.3 Å². The van der Waals surface area contributed by atoms with Gasteiger partial charge in [-0.1, -0.05) is 30.9 Å². The summed E-state index contributed by atoms with van der Waals surface area (Å²) >= 11 is 1.61. The van der Waals surface area contributed by atoms with Crippen molar-refractivity contribution in [3.63, 3.8) is 0 Å². The van der Waals surface area contributed by atoms with E-state index in [4.69, 9.17) is 0 Å². The molecule has 2 aromatic heterocycles. The summed E-state index contributed by atoms with van der Waals surface area (Å²) in [6.45, 7) is 0.392. The lowest BCUT2D eigenvalue weighted by atomic mass is 10.1. The molecule has 1 saturated carbocycles. The van der Waals surface area contributed by atoms with E-state index in [0.717, 1.165) is 24.2 Å². The number of carbonyl (C=O) groups is 1. The van der Waals surface area contributed by atoms with Crippen LogP contribution in [0.1, 0.15) is 44.2 Å². The highest BCUT2D eigenvalue weighted by atomic mass is 32.1. The average molecular weight is 319 g/mol. The second-order valence-electron chi connectivity index (χ2n) is 5.65. The summed E-state index contributed by atoms with van der Waals surface area (Å²) in [6, 6.07) is 2.18. The molecule has 1 aliphatic carbocycles. The van der Waals surface area contributed by atoms with Crippen molar-refractivity contribution in [3.8, 4) is 5.69 Å². The lowest BCUT2D eigenvalue weighted by molar-refractivity contribution is 0.235. The minimum atomic E-state index is -0.114. The Morgan fingerprint density at radius 2 is 2.14 bits per heavy atom. The zero-order valence-corrected chi connectivity index (χ0v) is 13.3. The van der Waals surface area contributed by atoms with Gasteiger partial charge < -0.3 is 10.6 Å². The summed E-state index contributed by atoms with van der Waals surface area (Å²) in [5.74, 6) is 0. The molecule has 3 rings (SSSR count). The SMILES string of the molecule is O=C(NCc1cn(-c2ccsc2)nn1)NC1CCCCCC1. The van der Waals surface area contributed by atoms with E-state index in [1.54, 1.807) is 16.0 Å². The summed E-state index contributed by atoms with van der Waals surface area (Å²) in [6.07, 6.45) is 8.99. The first-order valence-electron chi connectivity index (χ1n) is 7.79. The highest BCUT2D eigenvalue weighted by Gasteiger charge is 2.14. The smallest absolute Gasteiger partial charge is 0.315 e. The van der Waals surface area contributed by atoms with Crippen molar-refractivity contribution < 1.29 is 4.79 Å². The molecule has 2 aromatic rings. The van der Waals surface area contributed by atoms with E-state index in [2.05, 4.69) is 20.9 Å². The number of nitrogens with zero attached hydrogens (tertiary/aromatic N) is 3. The van der Waals surface area contributed by atoms with E-state index in [1.165, 1.54) is 25.7 Å². The Labute approximate surface area is 133 Å². The first-order valence-corrected chi connectivity index (χ1v) is 8.74. The number of carbonyl (C=O) groups excluding carboxylic acids is 1. The van der Waals surface area contributed by atoms with Crippen molar-refractivity contribution in [1.82, 2.24) is 25.6 Å². The van der Waals surface area contributed by atoms with Gasteiger partial charge in [-0.15, -0.1) is 5.10 Å². The van der Waals surface area contributed by atoms with E-state index in [0.29, 0.717) is 12.6 Å². The Morgan fingerprint density at radius 3 is 2.86 bits per heavy atom. The van der Waals surface area contributed by atoms with Gasteiger partial charge in [-0.05, 0) is 24.3 Å². The monoisotopic (exact) mass is 319 g/mol. The Kier molecular flexibility index (Phi) is 5.05. The van der Waals surface area contributed by atoms with Gasteiger partial charge in [-0.25, -0.2) is 9.48 Å². The molecule has 2 heterocycles. The van der Waals surface area contributed by atoms with Crippen LogP contribution in [-0.2, 0) is 6.54 Å². The van der Waals surface area contributed by atoms with Crippen molar-refractivity contribution in [2.24, 2.45) is 0 Å². The van der Waals surface area contributed by atoms with Crippen molar-refractivity contribution >= 4 is 17.4 Å². The molecule has 2 N–H and O–H groups in total. The molecule has 0 radical (unpaired) electrons. The van der Waals surface area contributed by atoms with Crippen molar-refractivity contribution in [2.45, 2.75) is 51.1 Å². The van der Waals surface area contributed by atoms with E-state index in [9.17, 15) is 4.79 Å². The zero-order chi connectivity index (χ0) is 15.2. The quantitative estimate of drug-likeness (QED) is 0.851. The van der Waals surface area contributed by atoms with Gasteiger partial charge in [-0.2, -0.15) is 11.3 Å². The molecule has 0 aliphatic heterocycles. The van der Waals surface area contributed by atoms with Crippen LogP contribution in [0.25, 0.3) is 5.69 Å². The number of hydrogen-bond donors (Lipinski definition) is 2. The first kappa shape index (κ1) is 15.0. The lowest BCUT2D eigenvalue weighted by Crippen LogP contribution is -2.41. The fourth-order valence-electron chi connectivity index (χ4n) is 2.72. The van der Waals surface area contributed by atoms with Crippen LogP contribution in [0.4, 0.5) is 4.79 Å². The van der Waals surface area contributed by atoms with Gasteiger partial charge in [0.2, 0.25) is 0 Å². The Morgan fingerprint density at radius 1 is 1.32 bits per heavy atom. The molecule has 0 saturated heterocycles. The predicted octanol–water partition coefficient (Wildman–Crippen LogP) is 2.85. The van der Waals surface area contributed by atoms with E-state index < -0.39 is 0 Å². The molecule has 0 aromatic carbocycles. The van der Waals surface area contributed by atoms with Crippen LogP contribution in [0.5, 0.6) is 0 Å². The van der Waals surface area contributed by atoms with E-state index in [-0.39, 0.29) is 6.03 Å². The van der Waals surface area contributed by atoms with Gasteiger partial charge in [0.25, 0.3) is 0 Å². The highest BCUT2D eigenvalue weighted by Crippen LogP contribution is 2.17. The van der Waals surface area contributed by atoms with Crippen molar-refractivity contribution in [2.75, 3.05) is 0 Å². The normalized spacial score (nSPS) is 16.2. The molecule has 2 amide bonds. The summed E-state index contributed by atoms with van der Waals surface area (Å²) in [7, 11) is 0. The first-order chi connectivity index (χ1) is 10.8. The van der Waals surface area contributed by atoms with Gasteiger partial charge in [0.15, 0.2) is 0 Å². The molecule has 6 nitrogen and oxygen atoms in total. The maximum Gasteiger partial charge on any atom is 0.315 e. The van der Waals surface area contributed by atoms with Crippen molar-refractivity contribution in [3.05, 3.63) is 28.7 Å². The number of rotatable bonds is 4. The van der Waals surface area contributed by atoms with Crippen molar-refractivity contribution in [1.29, 1.82) is 0 Å². The largest absolute Gasteiger partial charge is 0.335 e. The fourth-order valence-corrected chi connectivity index (χ4v) is 3.35. The number of aromatic nitrogens is 3. The van der Waals surface area contributed by atoms with E-state index in [1.807, 2.05) is 23.0 Å². The second kappa shape index (κ2) is 7.40. The van der Waals surface area contributed by atoms with Crippen LogP contribution < -0.4 is 10.6 Å². The summed E-state index contributed by atoms with van der Waals surface area (Å²) < 4.78 is 1.72. The highest BCUT2D eigenvalue weighted by molar-refractivity contribution is 7.08. The second-order valence-corrected chi connectivity index (χ2v) is 6.43. The third kappa shape index (κ3) is 4.07. The topological polar surface area (TPSA) is 71.8 Å². The average Bonchev–Trinajstić information content (AvgIpc) is 3.14. The van der Waals surface area contributed by atoms with Gasteiger partial charge in [-0.3, -0.25) is 0 Å². The predicted molar refractivity (Wildman–Crippen MR) is 86.1 cm³/mol. The van der Waals surface area contributed by atoms with Crippen LogP contribution in [0.3, 0.4) is 0 Å². The third-order valence-corrected chi connectivity index (χ3v) is 4.60. The number of hydrogen-bond acceptors (Lipinski definition) is 4. The van der Waals surface area contributed by atoms with Crippen LogP contribution in [0.15, 0.2) is 23.0 Å². The van der Waals surface area contributed by atoms with E-state index >= 15 is 0 Å². The Hall–Kier alpha value is -1.89. The number of nitrogens with one attached hydrogen (secondary N) is 2. The molecule has 0 atom stereocenters. The summed E-state index contributed by atoms with van der Waals surface area (Å²) in [4.78, 5) is 12.0. The standard InChI is InChI=1S/C15H21N5OS/c21-15(17-12-5-3-1-2-4-6-12)16-9-13-10-20(19-18-13)14-7-8-22-11-14/h7-8,10-12H,1-6,9H2,(H2,16,17,21). The maximum absolute atomic E-state index is 12.0. The minimum Gasteiger partial charge on any atom is -0.335 e. The Bertz CT molecular complexity index is 587. The molecule has 7 heteroatoms. The Balaban J connectivity index is 1.46. The number of thiophene rings is 1. The molecule has 0 unspecified atom stereocenters. The van der Waals surface area contributed by atoms with Crippen LogP contribution in [0.2, 0.25) is 0 Å². The van der Waals surface area contributed by atoms with Crippen LogP contribution in [0, 0.1) is 0 Å². The van der Waals surface area contributed by atoms with Gasteiger partial charge in [0, 0.05) is 11.4 Å². The maximum atomic E-state index is 12.0. The molecule has 22 heavy (non-hydrogen) atoms. The molecule has 1 aliphatic rings. The summed E-state index contributed by atoms with van der Waals surface area (Å²) in [5.41, 5.74) is 1.74. The van der Waals surface area contributed by atoms with Gasteiger partial charge >= 0.3 is 6.03 Å². The number of urea groups is 1. The summed E-state index contributed by atoms with van der Waals surface area (Å²) in [5, 5.41) is 18.1. The molecular weight excluding hydrogens is 298 g/mol. The van der Waals surface area contributed by atoms with Gasteiger partial charge in [0.1, 0.15) is 5.69 Å². The fraction of sp³-hybridized carbons (Fsp3) is 0.533. The lowest BCUT2D eigenvalue weighted by Gasteiger charge is -2.16. The third-order valence-electron chi connectivity index (χ3n) is 3.93. The molecular formula is C15H21N5OS. The molecule has 1 fully saturated rings. The molecule has 0 bridgehead atoms.